The summed E-state index contributed by atoms with van der Waals surface area (Å²) in [5.41, 5.74) is 3.80. The maximum absolute atomic E-state index is 6.59. The Hall–Kier alpha value is -2.31. The molecule has 0 bridgehead atoms. The lowest BCUT2D eigenvalue weighted by Crippen LogP contribution is -2.36. The molecule has 0 aliphatic carbocycles. The van der Waals surface area contributed by atoms with Crippen LogP contribution in [-0.2, 0) is 17.9 Å². The van der Waals surface area contributed by atoms with Gasteiger partial charge in [-0.1, -0.05) is 53.0 Å². The van der Waals surface area contributed by atoms with Crippen LogP contribution < -0.4 is 19.7 Å². The number of nitrogens with zero attached hydrogens (tertiary/aromatic N) is 1. The largest absolute Gasteiger partial charge is 0.490 e. The molecule has 3 aromatic rings. The number of halogens is 3. The van der Waals surface area contributed by atoms with E-state index in [2.05, 4.69) is 10.2 Å². The molecule has 1 heterocycles. The lowest BCUT2D eigenvalue weighted by atomic mass is 10.1. The van der Waals surface area contributed by atoms with Gasteiger partial charge in [-0.3, -0.25) is 0 Å². The fourth-order valence-electron chi connectivity index (χ4n) is 3.77. The summed E-state index contributed by atoms with van der Waals surface area (Å²) in [6.07, 6.45) is 0. The van der Waals surface area contributed by atoms with Crippen molar-refractivity contribution >= 4 is 46.2 Å². The Morgan fingerprint density at radius 3 is 2.44 bits per heavy atom. The van der Waals surface area contributed by atoms with Crippen molar-refractivity contribution in [3.8, 4) is 11.5 Å². The van der Waals surface area contributed by atoms with E-state index in [1.165, 1.54) is 0 Å². The van der Waals surface area contributed by atoms with Crippen LogP contribution in [0.4, 0.5) is 11.4 Å². The molecule has 4 rings (SSSR count). The van der Waals surface area contributed by atoms with Gasteiger partial charge >= 0.3 is 0 Å². The van der Waals surface area contributed by atoms with Crippen molar-refractivity contribution in [3.05, 3.63) is 80.8 Å². The van der Waals surface area contributed by atoms with Crippen LogP contribution in [-0.4, -0.2) is 32.9 Å². The van der Waals surface area contributed by atoms with Crippen LogP contribution in [0.15, 0.2) is 54.6 Å². The van der Waals surface area contributed by atoms with Crippen molar-refractivity contribution in [2.24, 2.45) is 0 Å². The van der Waals surface area contributed by atoms with Gasteiger partial charge < -0.3 is 24.4 Å². The van der Waals surface area contributed by atoms with Crippen LogP contribution in [0.1, 0.15) is 18.1 Å². The zero-order chi connectivity index (χ0) is 23.9. The second kappa shape index (κ2) is 11.9. The van der Waals surface area contributed by atoms with Crippen LogP contribution in [0.3, 0.4) is 0 Å². The Morgan fingerprint density at radius 2 is 1.71 bits per heavy atom. The van der Waals surface area contributed by atoms with Gasteiger partial charge in [0.05, 0.1) is 35.6 Å². The molecule has 0 unspecified atom stereocenters. The molecule has 1 fully saturated rings. The molecule has 0 amide bonds. The fourth-order valence-corrected chi connectivity index (χ4v) is 4.55. The molecule has 1 N–H and O–H groups in total. The van der Waals surface area contributed by atoms with Gasteiger partial charge in [-0.25, -0.2) is 0 Å². The second-order valence-electron chi connectivity index (χ2n) is 7.84. The van der Waals surface area contributed by atoms with Crippen LogP contribution in [0.25, 0.3) is 0 Å². The molecule has 8 heteroatoms. The minimum Gasteiger partial charge on any atom is -0.490 e. The van der Waals surface area contributed by atoms with E-state index in [0.717, 1.165) is 48.8 Å². The van der Waals surface area contributed by atoms with Crippen molar-refractivity contribution in [2.45, 2.75) is 20.1 Å². The van der Waals surface area contributed by atoms with Gasteiger partial charge in [0.25, 0.3) is 0 Å². The minimum absolute atomic E-state index is 0.297. The first-order valence-corrected chi connectivity index (χ1v) is 12.4. The third-order valence-electron chi connectivity index (χ3n) is 5.50. The number of benzene rings is 3. The van der Waals surface area contributed by atoms with E-state index in [0.29, 0.717) is 46.3 Å². The summed E-state index contributed by atoms with van der Waals surface area (Å²) in [6, 6.07) is 17.4. The van der Waals surface area contributed by atoms with Gasteiger partial charge in [0.15, 0.2) is 11.5 Å². The molecule has 180 valence electrons. The number of hydrogen-bond donors (Lipinski definition) is 1. The monoisotopic (exact) mass is 520 g/mol. The number of nitrogens with one attached hydrogen (secondary N) is 1. The molecule has 1 aliphatic heterocycles. The molecular weight excluding hydrogens is 495 g/mol. The van der Waals surface area contributed by atoms with Crippen LogP contribution in [0.2, 0.25) is 15.1 Å². The minimum atomic E-state index is 0.297. The van der Waals surface area contributed by atoms with Crippen LogP contribution in [0, 0.1) is 0 Å². The first-order chi connectivity index (χ1) is 16.5. The zero-order valence-corrected chi connectivity index (χ0v) is 21.2. The molecule has 34 heavy (non-hydrogen) atoms. The third-order valence-corrected chi connectivity index (χ3v) is 6.45. The van der Waals surface area contributed by atoms with Crippen molar-refractivity contribution in [1.82, 2.24) is 0 Å². The average Bonchev–Trinajstić information content (AvgIpc) is 2.84. The standard InChI is InChI=1S/C26H27Cl3N2O3/c1-2-33-25-14-18(13-23(29)26(25)34-17-19-5-3-4-6-21(19)27)16-30-20-7-8-24(22(28)15-20)31-9-11-32-12-10-31/h3-8,13-15,30H,2,9-12,16-17H2,1H3. The molecule has 0 radical (unpaired) electrons. The van der Waals surface area contributed by atoms with Crippen LogP contribution >= 0.6 is 34.8 Å². The quantitative estimate of drug-likeness (QED) is 0.326. The summed E-state index contributed by atoms with van der Waals surface area (Å²) >= 11 is 19.4. The highest BCUT2D eigenvalue weighted by atomic mass is 35.5. The van der Waals surface area contributed by atoms with Crippen molar-refractivity contribution in [1.29, 1.82) is 0 Å². The lowest BCUT2D eigenvalue weighted by Gasteiger charge is -2.29. The molecule has 0 saturated carbocycles. The van der Waals surface area contributed by atoms with Gasteiger partial charge in [-0.15, -0.1) is 0 Å². The fraction of sp³-hybridized carbons (Fsp3) is 0.308. The van der Waals surface area contributed by atoms with Crippen molar-refractivity contribution in [3.63, 3.8) is 0 Å². The Kier molecular flexibility index (Phi) is 8.68. The number of rotatable bonds is 9. The topological polar surface area (TPSA) is 43.0 Å². The van der Waals surface area contributed by atoms with Gasteiger partial charge in [-0.05, 0) is 48.9 Å². The highest BCUT2D eigenvalue weighted by Gasteiger charge is 2.16. The molecule has 1 saturated heterocycles. The predicted octanol–water partition coefficient (Wildman–Crippen LogP) is 7.07. The van der Waals surface area contributed by atoms with E-state index >= 15 is 0 Å². The van der Waals surface area contributed by atoms with Gasteiger partial charge in [0.2, 0.25) is 0 Å². The van der Waals surface area contributed by atoms with E-state index in [-0.39, 0.29) is 0 Å². The first kappa shape index (κ1) is 24.8. The average molecular weight is 522 g/mol. The predicted molar refractivity (Wildman–Crippen MR) is 140 cm³/mol. The molecule has 5 nitrogen and oxygen atoms in total. The molecule has 1 aliphatic rings. The Labute approximate surface area is 215 Å². The van der Waals surface area contributed by atoms with Crippen molar-refractivity contribution in [2.75, 3.05) is 43.1 Å². The maximum Gasteiger partial charge on any atom is 0.180 e. The molecule has 0 spiro atoms. The molecule has 0 atom stereocenters. The van der Waals surface area contributed by atoms with Gasteiger partial charge in [0, 0.05) is 35.9 Å². The number of hydrogen-bond acceptors (Lipinski definition) is 5. The molecule has 3 aromatic carbocycles. The van der Waals surface area contributed by atoms with E-state index in [4.69, 9.17) is 49.0 Å². The number of ether oxygens (including phenoxy) is 3. The van der Waals surface area contributed by atoms with E-state index in [1.54, 1.807) is 0 Å². The highest BCUT2D eigenvalue weighted by Crippen LogP contribution is 2.38. The van der Waals surface area contributed by atoms with E-state index in [1.807, 2.05) is 61.5 Å². The number of morpholine rings is 1. The third kappa shape index (κ3) is 6.22. The SMILES string of the molecule is CCOc1cc(CNc2ccc(N3CCOCC3)c(Cl)c2)cc(Cl)c1OCc1ccccc1Cl. The second-order valence-corrected chi connectivity index (χ2v) is 9.06. The Balaban J connectivity index is 1.45. The zero-order valence-electron chi connectivity index (χ0n) is 19.0. The summed E-state index contributed by atoms with van der Waals surface area (Å²) in [5, 5.41) is 5.26. The molecule has 0 aromatic heterocycles. The summed E-state index contributed by atoms with van der Waals surface area (Å²) in [5.74, 6) is 1.10. The summed E-state index contributed by atoms with van der Waals surface area (Å²) < 4.78 is 17.3. The van der Waals surface area contributed by atoms with E-state index in [9.17, 15) is 0 Å². The highest BCUT2D eigenvalue weighted by molar-refractivity contribution is 6.33. The summed E-state index contributed by atoms with van der Waals surface area (Å²) in [6.45, 7) is 6.40. The summed E-state index contributed by atoms with van der Waals surface area (Å²) in [4.78, 5) is 2.24. The number of anilines is 2. The van der Waals surface area contributed by atoms with Crippen LogP contribution in [0.5, 0.6) is 11.5 Å². The Bertz CT molecular complexity index is 1120. The molecular formula is C26H27Cl3N2O3. The lowest BCUT2D eigenvalue weighted by molar-refractivity contribution is 0.122. The van der Waals surface area contributed by atoms with Crippen molar-refractivity contribution < 1.29 is 14.2 Å². The summed E-state index contributed by atoms with van der Waals surface area (Å²) in [7, 11) is 0. The van der Waals surface area contributed by atoms with Gasteiger partial charge in [-0.2, -0.15) is 0 Å². The van der Waals surface area contributed by atoms with Gasteiger partial charge in [0.1, 0.15) is 6.61 Å². The van der Waals surface area contributed by atoms with E-state index < -0.39 is 0 Å². The first-order valence-electron chi connectivity index (χ1n) is 11.2. The smallest absolute Gasteiger partial charge is 0.180 e. The normalized spacial score (nSPS) is 13.6. The maximum atomic E-state index is 6.59. The Morgan fingerprint density at radius 1 is 0.912 bits per heavy atom.